The predicted molar refractivity (Wildman–Crippen MR) is 75.8 cm³/mol. The maximum Gasteiger partial charge on any atom is 0.218 e. The van der Waals surface area contributed by atoms with Crippen molar-refractivity contribution in [2.75, 3.05) is 33.2 Å². The van der Waals surface area contributed by atoms with E-state index in [0.717, 1.165) is 6.54 Å². The molecule has 18 heavy (non-hydrogen) atoms. The summed E-state index contributed by atoms with van der Waals surface area (Å²) in [6.45, 7) is 7.20. The molecule has 100 valence electrons. The van der Waals surface area contributed by atoms with Crippen LogP contribution in [0.15, 0.2) is 30.3 Å². The largest absolute Gasteiger partial charge is 0.304 e. The van der Waals surface area contributed by atoms with Gasteiger partial charge in [-0.1, -0.05) is 30.3 Å². The van der Waals surface area contributed by atoms with Crippen LogP contribution in [0.25, 0.3) is 0 Å². The molecule has 1 aromatic carbocycles. The summed E-state index contributed by atoms with van der Waals surface area (Å²) in [5, 5.41) is -0.361. The molecule has 0 aliphatic carbocycles. The Balaban J connectivity index is 0.000000357. The van der Waals surface area contributed by atoms with E-state index in [4.69, 9.17) is 0 Å². The zero-order valence-corrected chi connectivity index (χ0v) is 11.9. The molecule has 1 heterocycles. The standard InChI is InChI=1S/C12H18N2.C2H3ClO/c1-13-7-9-14(10-8-13)11-12-5-3-2-4-6-12;1-2(3)4/h2-6H,7-11H2,1H3;1H3. The summed E-state index contributed by atoms with van der Waals surface area (Å²) in [6, 6.07) is 10.7. The molecule has 2 rings (SSSR count). The molecule has 0 amide bonds. The Morgan fingerprint density at radius 2 is 1.67 bits per heavy atom. The van der Waals surface area contributed by atoms with Crippen molar-refractivity contribution in [1.29, 1.82) is 0 Å². The highest BCUT2D eigenvalue weighted by molar-refractivity contribution is 6.62. The Bertz CT molecular complexity index is 344. The molecular formula is C14H21ClN2O. The Hall–Kier alpha value is -0.900. The smallest absolute Gasteiger partial charge is 0.218 e. The van der Waals surface area contributed by atoms with Crippen LogP contribution in [0.2, 0.25) is 0 Å². The fourth-order valence-corrected chi connectivity index (χ4v) is 1.85. The number of piperazine rings is 1. The minimum atomic E-state index is -0.361. The second-order valence-electron chi connectivity index (χ2n) is 4.54. The third kappa shape index (κ3) is 6.74. The molecule has 0 unspecified atom stereocenters. The molecule has 0 radical (unpaired) electrons. The van der Waals surface area contributed by atoms with Gasteiger partial charge in [-0.15, -0.1) is 0 Å². The highest BCUT2D eigenvalue weighted by atomic mass is 35.5. The van der Waals surface area contributed by atoms with Crippen molar-refractivity contribution in [3.05, 3.63) is 35.9 Å². The van der Waals surface area contributed by atoms with E-state index in [1.165, 1.54) is 38.7 Å². The second-order valence-corrected chi connectivity index (χ2v) is 5.07. The predicted octanol–water partition coefficient (Wildman–Crippen LogP) is 2.21. The third-order valence-electron chi connectivity index (χ3n) is 2.84. The molecule has 0 atom stereocenters. The molecule has 1 saturated heterocycles. The van der Waals surface area contributed by atoms with Crippen molar-refractivity contribution in [3.63, 3.8) is 0 Å². The van der Waals surface area contributed by atoms with Crippen LogP contribution in [0, 0.1) is 0 Å². The first-order valence-corrected chi connectivity index (χ1v) is 6.56. The van der Waals surface area contributed by atoms with Gasteiger partial charge in [0, 0.05) is 39.6 Å². The molecule has 1 fully saturated rings. The minimum Gasteiger partial charge on any atom is -0.304 e. The number of halogens is 1. The summed E-state index contributed by atoms with van der Waals surface area (Å²) < 4.78 is 0. The summed E-state index contributed by atoms with van der Waals surface area (Å²) in [7, 11) is 2.19. The zero-order chi connectivity index (χ0) is 13.4. The number of carbonyl (C=O) groups is 1. The van der Waals surface area contributed by atoms with E-state index in [1.54, 1.807) is 0 Å². The van der Waals surface area contributed by atoms with E-state index in [1.807, 2.05) is 0 Å². The highest BCUT2D eigenvalue weighted by Crippen LogP contribution is 2.06. The molecule has 3 nitrogen and oxygen atoms in total. The molecule has 1 aliphatic rings. The van der Waals surface area contributed by atoms with Gasteiger partial charge in [-0.25, -0.2) is 0 Å². The minimum absolute atomic E-state index is 0.361. The topological polar surface area (TPSA) is 23.6 Å². The normalized spacial score (nSPS) is 16.8. The molecule has 1 aromatic rings. The lowest BCUT2D eigenvalue weighted by Crippen LogP contribution is -2.43. The monoisotopic (exact) mass is 268 g/mol. The molecule has 0 saturated carbocycles. The Labute approximate surface area is 114 Å². The first kappa shape index (κ1) is 15.2. The lowest BCUT2D eigenvalue weighted by Gasteiger charge is -2.32. The Morgan fingerprint density at radius 1 is 1.17 bits per heavy atom. The maximum absolute atomic E-state index is 9.21. The summed E-state index contributed by atoms with van der Waals surface area (Å²) in [4.78, 5) is 14.1. The number of carbonyl (C=O) groups excluding carboxylic acids is 1. The maximum atomic E-state index is 9.21. The first-order valence-electron chi connectivity index (χ1n) is 6.19. The SMILES string of the molecule is CC(=O)Cl.CN1CCN(Cc2ccccc2)CC1. The van der Waals surface area contributed by atoms with E-state index < -0.39 is 0 Å². The lowest BCUT2D eigenvalue weighted by atomic mass is 10.2. The molecule has 0 N–H and O–H groups in total. The van der Waals surface area contributed by atoms with Crippen molar-refractivity contribution < 1.29 is 4.79 Å². The number of likely N-dealkylation sites (N-methyl/N-ethyl adjacent to an activating group) is 1. The van der Waals surface area contributed by atoms with Gasteiger partial charge in [0.2, 0.25) is 5.24 Å². The average molecular weight is 269 g/mol. The van der Waals surface area contributed by atoms with Gasteiger partial charge in [-0.2, -0.15) is 0 Å². The summed E-state index contributed by atoms with van der Waals surface area (Å²) >= 11 is 4.64. The van der Waals surface area contributed by atoms with Crippen molar-refractivity contribution in [2.45, 2.75) is 13.5 Å². The van der Waals surface area contributed by atoms with E-state index in [9.17, 15) is 4.79 Å². The van der Waals surface area contributed by atoms with Gasteiger partial charge in [0.25, 0.3) is 0 Å². The third-order valence-corrected chi connectivity index (χ3v) is 2.84. The van der Waals surface area contributed by atoms with E-state index >= 15 is 0 Å². The van der Waals surface area contributed by atoms with Crippen LogP contribution in [-0.4, -0.2) is 48.3 Å². The van der Waals surface area contributed by atoms with Crippen LogP contribution in [0.5, 0.6) is 0 Å². The van der Waals surface area contributed by atoms with Gasteiger partial charge in [0.05, 0.1) is 0 Å². The zero-order valence-electron chi connectivity index (χ0n) is 11.1. The number of benzene rings is 1. The van der Waals surface area contributed by atoms with Crippen LogP contribution < -0.4 is 0 Å². The van der Waals surface area contributed by atoms with Crippen molar-refractivity contribution >= 4 is 16.8 Å². The lowest BCUT2D eigenvalue weighted by molar-refractivity contribution is -0.109. The molecule has 4 heteroatoms. The molecule has 0 spiro atoms. The van der Waals surface area contributed by atoms with E-state index in [0.29, 0.717) is 0 Å². The van der Waals surface area contributed by atoms with Gasteiger partial charge in [-0.3, -0.25) is 9.69 Å². The van der Waals surface area contributed by atoms with Crippen LogP contribution in [0.3, 0.4) is 0 Å². The number of nitrogens with zero attached hydrogens (tertiary/aromatic N) is 2. The number of hydrogen-bond acceptors (Lipinski definition) is 3. The molecule has 0 aromatic heterocycles. The molecule has 1 aliphatic heterocycles. The summed E-state index contributed by atoms with van der Waals surface area (Å²) in [6.07, 6.45) is 0. The van der Waals surface area contributed by atoms with Gasteiger partial charge < -0.3 is 4.90 Å². The van der Waals surface area contributed by atoms with E-state index in [2.05, 4.69) is 58.8 Å². The highest BCUT2D eigenvalue weighted by Gasteiger charge is 2.13. The van der Waals surface area contributed by atoms with Gasteiger partial charge in [-0.05, 0) is 24.2 Å². The van der Waals surface area contributed by atoms with Crippen LogP contribution in [-0.2, 0) is 11.3 Å². The van der Waals surface area contributed by atoms with E-state index in [-0.39, 0.29) is 5.24 Å². The second kappa shape index (κ2) is 8.25. The quantitative estimate of drug-likeness (QED) is 0.769. The van der Waals surface area contributed by atoms with Gasteiger partial charge >= 0.3 is 0 Å². The Morgan fingerprint density at radius 3 is 2.17 bits per heavy atom. The van der Waals surface area contributed by atoms with Crippen molar-refractivity contribution in [1.82, 2.24) is 9.80 Å². The molecule has 0 bridgehead atoms. The fraction of sp³-hybridized carbons (Fsp3) is 0.500. The van der Waals surface area contributed by atoms with Crippen molar-refractivity contribution in [3.8, 4) is 0 Å². The average Bonchev–Trinajstić information content (AvgIpc) is 2.33. The summed E-state index contributed by atoms with van der Waals surface area (Å²) in [5.74, 6) is 0. The van der Waals surface area contributed by atoms with Crippen LogP contribution in [0.4, 0.5) is 0 Å². The number of rotatable bonds is 2. The summed E-state index contributed by atoms with van der Waals surface area (Å²) in [5.41, 5.74) is 1.43. The van der Waals surface area contributed by atoms with Crippen LogP contribution in [0.1, 0.15) is 12.5 Å². The molecular weight excluding hydrogens is 248 g/mol. The first-order chi connectivity index (χ1) is 8.58. The van der Waals surface area contributed by atoms with Gasteiger partial charge in [0.1, 0.15) is 0 Å². The van der Waals surface area contributed by atoms with Gasteiger partial charge in [0.15, 0.2) is 0 Å². The number of hydrogen-bond donors (Lipinski definition) is 0. The van der Waals surface area contributed by atoms with Crippen LogP contribution >= 0.6 is 11.6 Å². The van der Waals surface area contributed by atoms with Crippen molar-refractivity contribution in [2.24, 2.45) is 0 Å². The Kier molecular flexibility index (Phi) is 6.94. The fourth-order valence-electron chi connectivity index (χ4n) is 1.85.